The molecule has 0 aliphatic heterocycles. The fourth-order valence-electron chi connectivity index (χ4n) is 3.34. The molecule has 0 aliphatic rings. The molecule has 2 aromatic carbocycles. The average molecular weight is 658 g/mol. The third-order valence-electron chi connectivity index (χ3n) is 5.40. The van der Waals surface area contributed by atoms with E-state index in [0.29, 0.717) is 0 Å². The Bertz CT molecular complexity index is 1480. The summed E-state index contributed by atoms with van der Waals surface area (Å²) in [6.07, 6.45) is -1.63. The van der Waals surface area contributed by atoms with E-state index in [4.69, 9.17) is 26.4 Å². The summed E-state index contributed by atoms with van der Waals surface area (Å²) in [4.78, 5) is 71.0. The van der Waals surface area contributed by atoms with Gasteiger partial charge in [0.25, 0.3) is 15.3 Å². The minimum atomic E-state index is -1.85. The molecule has 0 atom stereocenters. The van der Waals surface area contributed by atoms with E-state index in [1.165, 1.54) is 44.9 Å². The number of esters is 1. The molecule has 228 valence electrons. The van der Waals surface area contributed by atoms with Crippen LogP contribution in [-0.2, 0) is 19.2 Å². The first-order chi connectivity index (χ1) is 20.5. The molecule has 0 radical (unpaired) electrons. The summed E-state index contributed by atoms with van der Waals surface area (Å²) < 4.78 is 16.2. The summed E-state index contributed by atoms with van der Waals surface area (Å²) in [6, 6.07) is 13.9. The Morgan fingerprint density at radius 3 is 1.93 bits per heavy atom. The first kappa shape index (κ1) is 32.6. The van der Waals surface area contributed by atoms with E-state index >= 15 is 0 Å². The van der Waals surface area contributed by atoms with Crippen LogP contribution in [0.15, 0.2) is 54.6 Å². The van der Waals surface area contributed by atoms with Crippen LogP contribution in [0.4, 0.5) is 4.79 Å². The second kappa shape index (κ2) is 15.3. The van der Waals surface area contributed by atoms with Crippen LogP contribution in [0.2, 0.25) is 0 Å². The summed E-state index contributed by atoms with van der Waals surface area (Å²) >= 11 is 5.13. The zero-order valence-corrected chi connectivity index (χ0v) is 24.0. The molecule has 0 fully saturated rings. The Balaban J connectivity index is 1.64. The lowest BCUT2D eigenvalue weighted by Gasteiger charge is -2.30. The van der Waals surface area contributed by atoms with E-state index in [0.717, 1.165) is 14.3 Å². The number of carbonyl (C=O) groups excluding carboxylic acids is 2. The molecule has 1 aromatic heterocycles. The topological polar surface area (TPSA) is 219 Å². The minimum Gasteiger partial charge on any atom is -0.462 e. The van der Waals surface area contributed by atoms with E-state index in [-0.39, 0.29) is 17.1 Å². The van der Waals surface area contributed by atoms with E-state index < -0.39 is 65.6 Å². The zero-order chi connectivity index (χ0) is 31.4. The standard InChI is InChI=1S/C23H19N3O14S3/c27-21(35-10-9-23(12-36-24(29)30,13-37-25(31)32)14-38-26(33)34)17-3-1-2-4-18(17)40-22(28)39-16-7-5-15(6-8-16)19-11-20(41)43-42-19/h1-8,11H,9-10,12-14H2. The van der Waals surface area contributed by atoms with Gasteiger partial charge in [-0.05, 0) is 54.4 Å². The van der Waals surface area contributed by atoms with E-state index in [2.05, 4.69) is 14.5 Å². The van der Waals surface area contributed by atoms with Crippen LogP contribution in [0, 0.1) is 39.6 Å². The molecule has 3 rings (SSSR count). The highest BCUT2D eigenvalue weighted by atomic mass is 32.9. The number of rotatable bonds is 16. The molecule has 0 saturated heterocycles. The molecule has 0 N–H and O–H groups in total. The average Bonchev–Trinajstić information content (AvgIpc) is 3.40. The van der Waals surface area contributed by atoms with Crippen molar-refractivity contribution in [2.45, 2.75) is 6.42 Å². The van der Waals surface area contributed by atoms with Crippen LogP contribution in [0.1, 0.15) is 16.8 Å². The molecule has 3 aromatic rings. The molecule has 0 spiro atoms. The number of para-hydroxylation sites is 1. The van der Waals surface area contributed by atoms with E-state index in [1.807, 2.05) is 6.07 Å². The highest BCUT2D eigenvalue weighted by Gasteiger charge is 2.36. The molecule has 20 heteroatoms. The van der Waals surface area contributed by atoms with Gasteiger partial charge >= 0.3 is 12.1 Å². The van der Waals surface area contributed by atoms with Crippen LogP contribution in [-0.4, -0.2) is 53.8 Å². The largest absolute Gasteiger partial charge is 0.519 e. The van der Waals surface area contributed by atoms with Crippen molar-refractivity contribution in [2.75, 3.05) is 26.4 Å². The van der Waals surface area contributed by atoms with E-state index in [1.54, 1.807) is 24.3 Å². The zero-order valence-electron chi connectivity index (χ0n) is 21.5. The molecule has 0 unspecified atom stereocenters. The first-order valence-corrected chi connectivity index (χ1v) is 14.2. The molecule has 0 saturated carbocycles. The van der Waals surface area contributed by atoms with Crippen LogP contribution < -0.4 is 9.47 Å². The molecular formula is C23H19N3O14S3. The summed E-state index contributed by atoms with van der Waals surface area (Å²) in [7, 11) is 2.96. The second-order valence-electron chi connectivity index (χ2n) is 8.35. The van der Waals surface area contributed by atoms with Gasteiger partial charge in [0.2, 0.25) is 0 Å². The third kappa shape index (κ3) is 10.4. The van der Waals surface area contributed by atoms with Gasteiger partial charge in [0.15, 0.2) is 0 Å². The Hall–Kier alpha value is -4.95. The highest BCUT2D eigenvalue weighted by molar-refractivity contribution is 7.80. The number of carbonyl (C=O) groups is 2. The maximum absolute atomic E-state index is 12.8. The van der Waals surface area contributed by atoms with Gasteiger partial charge in [-0.25, -0.2) is 9.59 Å². The summed E-state index contributed by atoms with van der Waals surface area (Å²) in [6.45, 7) is -3.34. The Morgan fingerprint density at radius 2 is 1.40 bits per heavy atom. The molecule has 0 amide bonds. The summed E-state index contributed by atoms with van der Waals surface area (Å²) in [5, 5.41) is 28.4. The van der Waals surface area contributed by atoms with Crippen molar-refractivity contribution in [1.29, 1.82) is 0 Å². The van der Waals surface area contributed by atoms with Gasteiger partial charge in [-0.1, -0.05) is 45.0 Å². The highest BCUT2D eigenvalue weighted by Crippen LogP contribution is 2.31. The van der Waals surface area contributed by atoms with Crippen LogP contribution in [0.3, 0.4) is 0 Å². The van der Waals surface area contributed by atoms with Gasteiger partial charge in [-0.2, -0.15) is 0 Å². The van der Waals surface area contributed by atoms with Crippen molar-refractivity contribution < 1.29 is 53.6 Å². The summed E-state index contributed by atoms with van der Waals surface area (Å²) in [5.74, 6) is -1.10. The summed E-state index contributed by atoms with van der Waals surface area (Å²) in [5.41, 5.74) is -1.20. The molecule has 1 heterocycles. The van der Waals surface area contributed by atoms with E-state index in [9.17, 15) is 39.9 Å². The third-order valence-corrected chi connectivity index (χ3v) is 8.31. The van der Waals surface area contributed by atoms with Crippen molar-refractivity contribution in [3.05, 3.63) is 94.3 Å². The minimum absolute atomic E-state index is 0.162. The quantitative estimate of drug-likeness (QED) is 0.0497. The predicted octanol–water partition coefficient (Wildman–Crippen LogP) is 4.94. The second-order valence-corrected chi connectivity index (χ2v) is 11.3. The van der Waals surface area contributed by atoms with Crippen molar-refractivity contribution in [1.82, 2.24) is 0 Å². The predicted molar refractivity (Wildman–Crippen MR) is 148 cm³/mol. The van der Waals surface area contributed by atoms with Crippen molar-refractivity contribution >= 4 is 45.0 Å². The fourth-order valence-corrected chi connectivity index (χ4v) is 5.74. The first-order valence-electron chi connectivity index (χ1n) is 11.6. The smallest absolute Gasteiger partial charge is 0.462 e. The maximum atomic E-state index is 12.8. The number of hydrogen-bond acceptors (Lipinski definition) is 17. The van der Waals surface area contributed by atoms with Gasteiger partial charge in [0.05, 0.1) is 6.61 Å². The lowest BCUT2D eigenvalue weighted by atomic mass is 9.87. The van der Waals surface area contributed by atoms with Crippen molar-refractivity contribution in [3.63, 3.8) is 0 Å². The normalized spacial score (nSPS) is 10.7. The fraction of sp³-hybridized carbons (Fsp3) is 0.261. The van der Waals surface area contributed by atoms with Gasteiger partial charge < -0.3 is 28.7 Å². The number of ether oxygens (including phenoxy) is 3. The molecule has 0 aliphatic carbocycles. The molecule has 43 heavy (non-hydrogen) atoms. The molecular weight excluding hydrogens is 638 g/mol. The SMILES string of the molecule is O=C(Oc1ccc(-c2cc(=S)ss2)cc1)Oc1ccccc1C(=O)OCCC(CO[N+](=O)[O-])(CO[N+](=O)[O-])CO[N+](=O)[O-]. The van der Waals surface area contributed by atoms with Gasteiger partial charge in [-0.3, -0.25) is 0 Å². The van der Waals surface area contributed by atoms with Crippen molar-refractivity contribution in [2.24, 2.45) is 5.41 Å². The Morgan fingerprint density at radius 1 is 0.814 bits per heavy atom. The lowest BCUT2D eigenvalue weighted by molar-refractivity contribution is -0.782. The Kier molecular flexibility index (Phi) is 11.6. The maximum Gasteiger partial charge on any atom is 0.519 e. The number of nitrogens with zero attached hydrogens (tertiary/aromatic N) is 3. The number of benzene rings is 2. The monoisotopic (exact) mass is 657 g/mol. The molecule has 0 bridgehead atoms. The van der Waals surface area contributed by atoms with Gasteiger partial charge in [0.1, 0.15) is 40.7 Å². The van der Waals surface area contributed by atoms with Crippen LogP contribution in [0.5, 0.6) is 11.5 Å². The molecule has 17 nitrogen and oxygen atoms in total. The van der Waals surface area contributed by atoms with Crippen LogP contribution in [0.25, 0.3) is 10.4 Å². The Labute approximate surface area is 252 Å². The van der Waals surface area contributed by atoms with Gasteiger partial charge in [0, 0.05) is 10.3 Å². The van der Waals surface area contributed by atoms with Gasteiger partial charge in [-0.15, -0.1) is 30.3 Å². The number of hydrogen-bond donors (Lipinski definition) is 0. The van der Waals surface area contributed by atoms with Crippen LogP contribution >= 0.6 is 32.9 Å². The lowest BCUT2D eigenvalue weighted by Crippen LogP contribution is -2.40. The van der Waals surface area contributed by atoms with Crippen molar-refractivity contribution in [3.8, 4) is 21.9 Å².